The van der Waals surface area contributed by atoms with Crippen LogP contribution in [0.5, 0.6) is 0 Å². The highest BCUT2D eigenvalue weighted by atomic mass is 16.1. The number of rotatable bonds is 0. The first-order valence-electron chi connectivity index (χ1n) is 10.3. The molecule has 0 amide bonds. The van der Waals surface area contributed by atoms with Crippen molar-refractivity contribution in [1.29, 1.82) is 5.26 Å². The molecule has 3 aliphatic rings. The number of Topliss-reactive ketones (excluding diaryl/α,β-unsaturated/α-hetero) is 1. The van der Waals surface area contributed by atoms with Gasteiger partial charge in [-0.3, -0.25) is 4.79 Å². The fourth-order valence-corrected chi connectivity index (χ4v) is 5.60. The van der Waals surface area contributed by atoms with Crippen molar-refractivity contribution in [2.45, 2.75) is 33.6 Å². The summed E-state index contributed by atoms with van der Waals surface area (Å²) in [4.78, 5) is 29.2. The smallest absolute Gasteiger partial charge is 0.226 e. The summed E-state index contributed by atoms with van der Waals surface area (Å²) in [5, 5.41) is 9.53. The van der Waals surface area contributed by atoms with Crippen LogP contribution in [-0.2, 0) is 9.59 Å². The summed E-state index contributed by atoms with van der Waals surface area (Å²) in [5.74, 6) is 6.04. The number of ketones is 2. The van der Waals surface area contributed by atoms with Crippen molar-refractivity contribution in [3.63, 3.8) is 0 Å². The maximum Gasteiger partial charge on any atom is 0.226 e. The molecular weight excluding hydrogens is 384 g/mol. The largest absolute Gasteiger partial charge is 0.307 e. The van der Waals surface area contributed by atoms with Crippen LogP contribution in [0.15, 0.2) is 65.4 Å². The Hall–Kier alpha value is -3.68. The maximum absolute atomic E-state index is 12.9. The van der Waals surface area contributed by atoms with Gasteiger partial charge in [0.2, 0.25) is 5.70 Å². The first-order valence-corrected chi connectivity index (χ1v) is 10.3. The number of nitriles is 1. The number of fused-ring (bicyclic) bond motifs is 3. The zero-order valence-corrected chi connectivity index (χ0v) is 17.8. The second-order valence-electron chi connectivity index (χ2n) is 9.25. The summed E-state index contributed by atoms with van der Waals surface area (Å²) < 4.78 is 0. The van der Waals surface area contributed by atoms with Gasteiger partial charge in [0.1, 0.15) is 6.07 Å². The van der Waals surface area contributed by atoms with Crippen molar-refractivity contribution in [2.24, 2.45) is 22.2 Å². The number of hydrogen-bond acceptors (Lipinski definition) is 3. The minimum Gasteiger partial charge on any atom is -0.307 e. The van der Waals surface area contributed by atoms with Crippen LogP contribution in [0.1, 0.15) is 39.2 Å². The van der Waals surface area contributed by atoms with Gasteiger partial charge in [-0.05, 0) is 48.6 Å². The van der Waals surface area contributed by atoms with E-state index in [0.29, 0.717) is 12.8 Å². The number of nitrogens with zero attached hydrogens (tertiary/aromatic N) is 2. The van der Waals surface area contributed by atoms with Crippen molar-refractivity contribution in [3.05, 3.63) is 82.4 Å². The van der Waals surface area contributed by atoms with Crippen LogP contribution in [-0.4, -0.2) is 11.6 Å². The maximum atomic E-state index is 12.9. The third kappa shape index (κ3) is 2.98. The lowest BCUT2D eigenvalue weighted by molar-refractivity contribution is -0.130. The molecule has 1 aromatic rings. The lowest BCUT2D eigenvalue weighted by Gasteiger charge is -2.56. The summed E-state index contributed by atoms with van der Waals surface area (Å²) >= 11 is 0. The molecule has 4 nitrogen and oxygen atoms in total. The predicted octanol–water partition coefficient (Wildman–Crippen LogP) is 4.81. The first-order chi connectivity index (χ1) is 14.7. The third-order valence-corrected chi connectivity index (χ3v) is 7.11. The minimum atomic E-state index is -0.791. The highest BCUT2D eigenvalue weighted by Crippen LogP contribution is 2.63. The second kappa shape index (κ2) is 6.94. The Labute approximate surface area is 182 Å². The molecule has 1 fully saturated rings. The molecule has 1 aromatic carbocycles. The lowest BCUT2D eigenvalue weighted by atomic mass is 9.46. The monoisotopic (exact) mass is 406 g/mol. The van der Waals surface area contributed by atoms with Crippen LogP contribution in [0, 0.1) is 51.9 Å². The van der Waals surface area contributed by atoms with Gasteiger partial charge in [-0.15, -0.1) is 0 Å². The fourth-order valence-electron chi connectivity index (χ4n) is 5.60. The average molecular weight is 406 g/mol. The highest BCUT2D eigenvalue weighted by molar-refractivity contribution is 6.09. The number of benzene rings is 1. The van der Waals surface area contributed by atoms with Gasteiger partial charge in [0.25, 0.3) is 0 Å². The summed E-state index contributed by atoms with van der Waals surface area (Å²) in [7, 11) is 0. The van der Waals surface area contributed by atoms with Gasteiger partial charge < -0.3 is 4.79 Å². The van der Waals surface area contributed by atoms with E-state index < -0.39 is 16.2 Å². The Morgan fingerprint density at radius 1 is 1.13 bits per heavy atom. The number of carbonyl (C=O) groups is 2. The van der Waals surface area contributed by atoms with Gasteiger partial charge in [-0.1, -0.05) is 56.9 Å². The van der Waals surface area contributed by atoms with Gasteiger partial charge in [0, 0.05) is 16.4 Å². The average Bonchev–Trinajstić information content (AvgIpc) is 2.76. The van der Waals surface area contributed by atoms with E-state index in [1.54, 1.807) is 12.2 Å². The molecule has 3 aliphatic carbocycles. The summed E-state index contributed by atoms with van der Waals surface area (Å²) in [5.41, 5.74) is -0.373. The van der Waals surface area contributed by atoms with E-state index in [1.807, 2.05) is 57.2 Å². The minimum absolute atomic E-state index is 0.0688. The molecule has 0 N–H and O–H groups in total. The molecule has 4 heteroatoms. The quantitative estimate of drug-likeness (QED) is 0.459. The van der Waals surface area contributed by atoms with Crippen LogP contribution in [0.25, 0.3) is 4.85 Å². The van der Waals surface area contributed by atoms with Crippen LogP contribution in [0.2, 0.25) is 0 Å². The topological polar surface area (TPSA) is 62.3 Å². The van der Waals surface area contributed by atoms with Gasteiger partial charge >= 0.3 is 0 Å². The molecule has 3 unspecified atom stereocenters. The number of carbonyl (C=O) groups excluding carboxylic acids is 2. The van der Waals surface area contributed by atoms with Gasteiger partial charge in [0.05, 0.1) is 17.6 Å². The predicted molar refractivity (Wildman–Crippen MR) is 117 cm³/mol. The van der Waals surface area contributed by atoms with E-state index in [-0.39, 0.29) is 28.8 Å². The molecule has 0 heterocycles. The summed E-state index contributed by atoms with van der Waals surface area (Å²) in [6.45, 7) is 13.3. The van der Waals surface area contributed by atoms with Crippen molar-refractivity contribution >= 4 is 11.6 Å². The van der Waals surface area contributed by atoms with Crippen molar-refractivity contribution in [3.8, 4) is 17.9 Å². The summed E-state index contributed by atoms with van der Waals surface area (Å²) in [6, 6.07) is 11.6. The molecule has 0 saturated heterocycles. The van der Waals surface area contributed by atoms with E-state index in [9.17, 15) is 14.9 Å². The lowest BCUT2D eigenvalue weighted by Crippen LogP contribution is -2.53. The molecule has 0 aliphatic heterocycles. The zero-order valence-electron chi connectivity index (χ0n) is 17.8. The van der Waals surface area contributed by atoms with Crippen LogP contribution < -0.4 is 0 Å². The van der Waals surface area contributed by atoms with Gasteiger partial charge in [-0.2, -0.15) is 5.26 Å². The van der Waals surface area contributed by atoms with Crippen LogP contribution >= 0.6 is 0 Å². The molecule has 152 valence electrons. The Morgan fingerprint density at radius 2 is 1.84 bits per heavy atom. The molecule has 1 saturated carbocycles. The third-order valence-electron chi connectivity index (χ3n) is 7.11. The standard InChI is InChI=1S/C27H22N2O2/c1-25(2)22-11-13-27(12-10-18-8-6-5-7-9-18)15-19(17-28)21(30)14-23(27)26(22,3)16-20(29-4)24(25)31/h5-9,14-16,22H,11,13H2,1-3H3. The van der Waals surface area contributed by atoms with E-state index in [2.05, 4.69) is 16.7 Å². The zero-order chi connectivity index (χ0) is 22.4. The van der Waals surface area contributed by atoms with Crippen molar-refractivity contribution < 1.29 is 9.59 Å². The number of allylic oxidation sites excluding steroid dienone is 6. The molecule has 3 atom stereocenters. The van der Waals surface area contributed by atoms with Crippen LogP contribution in [0.3, 0.4) is 0 Å². The molecule has 0 aromatic heterocycles. The number of hydrogen-bond donors (Lipinski definition) is 0. The molecule has 0 bridgehead atoms. The SMILES string of the molecule is [C-]#[N+]C1=CC2(C)C3=CC(=O)C(C#N)=CC3(C#Cc3ccccc3)CCC2C(C)(C)C1=O. The Bertz CT molecular complexity index is 1240. The van der Waals surface area contributed by atoms with E-state index in [4.69, 9.17) is 6.57 Å². The highest BCUT2D eigenvalue weighted by Gasteiger charge is 2.59. The molecule has 4 rings (SSSR count). The van der Waals surface area contributed by atoms with E-state index in [0.717, 1.165) is 11.1 Å². The van der Waals surface area contributed by atoms with E-state index >= 15 is 0 Å². The van der Waals surface area contributed by atoms with Crippen molar-refractivity contribution in [1.82, 2.24) is 0 Å². The van der Waals surface area contributed by atoms with Crippen LogP contribution in [0.4, 0.5) is 0 Å². The normalized spacial score (nSPS) is 30.7. The molecule has 0 radical (unpaired) electrons. The molecule has 31 heavy (non-hydrogen) atoms. The van der Waals surface area contributed by atoms with Crippen molar-refractivity contribution in [2.75, 3.05) is 0 Å². The van der Waals surface area contributed by atoms with E-state index in [1.165, 1.54) is 6.08 Å². The Morgan fingerprint density at radius 3 is 2.48 bits per heavy atom. The second-order valence-corrected chi connectivity index (χ2v) is 9.25. The molecule has 0 spiro atoms. The summed E-state index contributed by atoms with van der Waals surface area (Å²) in [6.07, 6.45) is 6.28. The van der Waals surface area contributed by atoms with Gasteiger partial charge in [-0.25, -0.2) is 4.85 Å². The first kappa shape index (κ1) is 20.6. The molecular formula is C27H22N2O2. The fraction of sp³-hybridized carbons (Fsp3) is 0.333. The Balaban J connectivity index is 1.96. The Kier molecular flexibility index (Phi) is 4.61. The van der Waals surface area contributed by atoms with Gasteiger partial charge in [0.15, 0.2) is 11.6 Å².